The molecule has 0 aromatic carbocycles. The molecule has 3 fully saturated rings. The molecule has 3 aliphatic rings. The Kier molecular flexibility index (Phi) is 14.3. The van der Waals surface area contributed by atoms with E-state index in [0.29, 0.717) is 25.8 Å². The normalized spacial score (nSPS) is 30.8. The number of aromatic nitrogens is 8. The van der Waals surface area contributed by atoms with E-state index in [4.69, 9.17) is 44.8 Å². The van der Waals surface area contributed by atoms with Crippen molar-refractivity contribution < 1.29 is 59.9 Å². The smallest absolute Gasteiger partial charge is 0.382 e. The summed E-state index contributed by atoms with van der Waals surface area (Å²) in [5.41, 5.74) is 17.1. The van der Waals surface area contributed by atoms with Crippen molar-refractivity contribution in [3.63, 3.8) is 0 Å². The molecular formula is C31H42F2N14O11P2S2. The number of ether oxygens (including phenoxy) is 2. The number of nitrogens with zero attached hydrogens (tertiary/aromatic N) is 8. The molecule has 3 saturated heterocycles. The zero-order chi connectivity index (χ0) is 44.3. The summed E-state index contributed by atoms with van der Waals surface area (Å²) in [7, 11) is 0. The summed E-state index contributed by atoms with van der Waals surface area (Å²) in [6, 6.07) is -1.40. The van der Waals surface area contributed by atoms with Crippen molar-refractivity contribution in [3.05, 3.63) is 25.3 Å². The molecule has 0 radical (unpaired) electrons. The molecule has 338 valence electrons. The van der Waals surface area contributed by atoms with Gasteiger partial charge in [-0.05, 0) is 25.7 Å². The Hall–Kier alpha value is -4.15. The lowest BCUT2D eigenvalue weighted by molar-refractivity contribution is -0.123. The van der Waals surface area contributed by atoms with Crippen LogP contribution in [-0.2, 0) is 46.3 Å². The summed E-state index contributed by atoms with van der Waals surface area (Å²) >= 11 is 8.06. The van der Waals surface area contributed by atoms with Gasteiger partial charge in [0.25, 0.3) is 0 Å². The first kappa shape index (κ1) is 45.9. The molecule has 0 aliphatic carbocycles. The number of imidazole rings is 2. The van der Waals surface area contributed by atoms with E-state index in [9.17, 15) is 23.5 Å². The second-order valence-corrected chi connectivity index (χ2v) is 19.9. The Morgan fingerprint density at radius 2 is 1.35 bits per heavy atom. The van der Waals surface area contributed by atoms with Crippen LogP contribution in [0.4, 0.5) is 25.2 Å². The first-order valence-corrected chi connectivity index (χ1v) is 24.3. The van der Waals surface area contributed by atoms with E-state index in [1.54, 1.807) is 0 Å². The average Bonchev–Trinajstić information content (AvgIpc) is 3.99. The number of unbranched alkanes of at least 4 members (excludes halogenated alkanes) is 1. The van der Waals surface area contributed by atoms with Gasteiger partial charge in [0.15, 0.2) is 53.2 Å². The first-order chi connectivity index (χ1) is 29.5. The maximum Gasteiger partial charge on any atom is 0.386 e. The van der Waals surface area contributed by atoms with E-state index in [1.165, 1.54) is 15.5 Å². The van der Waals surface area contributed by atoms with E-state index >= 15 is 8.78 Å². The first-order valence-electron chi connectivity index (χ1n) is 18.9. The molecule has 3 aliphatic heterocycles. The van der Waals surface area contributed by atoms with Gasteiger partial charge in [-0.1, -0.05) is 24.5 Å². The van der Waals surface area contributed by atoms with Gasteiger partial charge in [0, 0.05) is 19.5 Å². The largest absolute Gasteiger partial charge is 0.386 e. The minimum absolute atomic E-state index is 0.00897. The molecule has 2 unspecified atom stereocenters. The number of rotatable bonds is 13. The Balaban J connectivity index is 0.978. The maximum absolute atomic E-state index is 16.5. The zero-order valence-corrected chi connectivity index (χ0v) is 35.8. The average molecular weight is 951 g/mol. The highest BCUT2D eigenvalue weighted by Gasteiger charge is 2.54. The molecular weight excluding hydrogens is 909 g/mol. The van der Waals surface area contributed by atoms with E-state index in [2.05, 4.69) is 70.4 Å². The van der Waals surface area contributed by atoms with Crippen LogP contribution in [0.2, 0.25) is 0 Å². The lowest BCUT2D eigenvalue weighted by atomic mass is 10.1. The van der Waals surface area contributed by atoms with Crippen molar-refractivity contribution in [2.45, 2.75) is 87.4 Å². The molecule has 9 N–H and O–H groups in total. The van der Waals surface area contributed by atoms with Crippen LogP contribution in [-0.4, -0.2) is 126 Å². The van der Waals surface area contributed by atoms with Crippen LogP contribution in [0.3, 0.4) is 0 Å². The number of hydrogen-bond donors (Lipinski definition) is 8. The lowest BCUT2D eigenvalue weighted by Crippen LogP contribution is -2.41. The molecule has 31 heteroatoms. The van der Waals surface area contributed by atoms with Gasteiger partial charge in [0.1, 0.15) is 42.6 Å². The highest BCUT2D eigenvalue weighted by Crippen LogP contribution is 2.60. The molecule has 62 heavy (non-hydrogen) atoms. The van der Waals surface area contributed by atoms with Crippen LogP contribution in [0.1, 0.15) is 44.6 Å². The quantitative estimate of drug-likeness (QED) is 0.0536. The number of fused-ring (bicyclic) bond motifs is 4. The summed E-state index contributed by atoms with van der Waals surface area (Å²) in [6.07, 6.45) is -7.20. The monoisotopic (exact) mass is 950 g/mol. The van der Waals surface area contributed by atoms with Crippen LogP contribution in [0.5, 0.6) is 0 Å². The molecule has 25 nitrogen and oxygen atoms in total. The van der Waals surface area contributed by atoms with E-state index in [1.807, 2.05) is 0 Å². The predicted molar refractivity (Wildman–Crippen MR) is 218 cm³/mol. The fraction of sp³-hybridized carbons (Fsp3) is 0.581. The summed E-state index contributed by atoms with van der Waals surface area (Å²) in [6.45, 7) is -9.92. The number of hydrogen-bond acceptors (Lipinski definition) is 19. The van der Waals surface area contributed by atoms with Gasteiger partial charge in [0.2, 0.25) is 11.8 Å². The van der Waals surface area contributed by atoms with E-state index in [0.717, 1.165) is 19.0 Å². The molecule has 4 aromatic heterocycles. The Labute approximate surface area is 360 Å². The molecule has 7 rings (SSSR count). The second-order valence-electron chi connectivity index (χ2n) is 14.2. The summed E-state index contributed by atoms with van der Waals surface area (Å²) in [5, 5.41) is 7.75. The van der Waals surface area contributed by atoms with Crippen molar-refractivity contribution in [2.75, 3.05) is 37.4 Å². The number of anilines is 2. The standard InChI is InChI=1S/C31H42F2N14O11P2S2/c32-18-22-15(55-29(18)46-12-43-20-24(35)39-10-41-26(20)46)8-53-60(52,62)58-23-16(9-54-59(51,61)57-22)56-30(19(23)33)47-13-44-21-25(40-11-42-27(21)47)45-17(48)5-3-7-37-28(49)14(34)4-1-2-6-38-31(36)50/h10-16,18-19,22-23,29-30H,1-9,34H2,(H,37,49)(H,51,61)(H,52,62)(H2,35,39,41)(H3,36,38,50)(H,40,42,45,48)/t14-,15+,16+,18+,19+,22?,23?,29+,30+,59+,60+/m0/s1. The lowest BCUT2D eigenvalue weighted by Gasteiger charge is -2.28. The number of alkyl halides is 2. The van der Waals surface area contributed by atoms with Gasteiger partial charge in [-0.15, -0.1) is 0 Å². The molecule has 7 heterocycles. The van der Waals surface area contributed by atoms with Crippen LogP contribution in [0, 0.1) is 0 Å². The van der Waals surface area contributed by atoms with Gasteiger partial charge in [0.05, 0.1) is 31.9 Å². The van der Waals surface area contributed by atoms with Gasteiger partial charge in [-0.25, -0.2) is 52.6 Å². The number of thiol groups is 2. The summed E-state index contributed by atoms with van der Waals surface area (Å²) < 4.78 is 96.0. The van der Waals surface area contributed by atoms with Gasteiger partial charge >= 0.3 is 19.6 Å². The molecule has 4 amide bonds. The van der Waals surface area contributed by atoms with E-state index in [-0.39, 0.29) is 59.3 Å². The van der Waals surface area contributed by atoms with Crippen molar-refractivity contribution in [3.8, 4) is 0 Å². The fourth-order valence-corrected chi connectivity index (χ4v) is 9.83. The number of primary amides is 1. The summed E-state index contributed by atoms with van der Waals surface area (Å²) in [4.78, 5) is 60.5. The van der Waals surface area contributed by atoms with Crippen LogP contribution < -0.4 is 33.2 Å². The number of halogens is 2. The van der Waals surface area contributed by atoms with Gasteiger partial charge < -0.3 is 42.6 Å². The second kappa shape index (κ2) is 19.3. The third-order valence-electron chi connectivity index (χ3n) is 9.86. The third-order valence-corrected chi connectivity index (χ3v) is 13.1. The van der Waals surface area contributed by atoms with Gasteiger partial charge in [-0.2, -0.15) is 0 Å². The fourth-order valence-electron chi connectivity index (χ4n) is 6.86. The molecule has 4 aromatic rings. The number of carbonyl (C=O) groups is 3. The van der Waals surface area contributed by atoms with Crippen molar-refractivity contribution in [1.82, 2.24) is 49.7 Å². The Bertz CT molecular complexity index is 2390. The number of nitrogens with one attached hydrogen (secondary N) is 3. The Morgan fingerprint density at radius 1 is 0.806 bits per heavy atom. The SMILES string of the molecule is NC(=O)NCCCC[C@H](N)C(=O)NCCCC(=O)Nc1ncnc2c1ncn2[C@@H]1O[C@@H]2CO[P@@](=O)(S)OC3[C@@H](F)[C@H](n4cnc5c(N)ncnc54)O[C@@H]3CO[P@@](=O)(S)OC2[C@H]1F. The van der Waals surface area contributed by atoms with Crippen molar-refractivity contribution in [1.29, 1.82) is 0 Å². The maximum atomic E-state index is 16.5. The highest BCUT2D eigenvalue weighted by molar-refractivity contribution is 8.44. The minimum atomic E-state index is -4.51. The molecule has 11 atom stereocenters. The van der Waals surface area contributed by atoms with Crippen molar-refractivity contribution >= 4 is 89.9 Å². The number of urea groups is 1. The van der Waals surface area contributed by atoms with Crippen LogP contribution in [0.15, 0.2) is 25.3 Å². The number of nitrogens with two attached hydrogens (primary N) is 3. The van der Waals surface area contributed by atoms with E-state index < -0.39 is 94.0 Å². The Morgan fingerprint density at radius 3 is 1.95 bits per heavy atom. The minimum Gasteiger partial charge on any atom is -0.382 e. The number of nitrogen functional groups attached to an aromatic ring is 1. The highest BCUT2D eigenvalue weighted by atomic mass is 32.7. The van der Waals surface area contributed by atoms with Crippen LogP contribution >= 0.6 is 38.1 Å². The zero-order valence-electron chi connectivity index (χ0n) is 32.2. The topological polar surface area (TPSA) is 342 Å². The van der Waals surface area contributed by atoms with Crippen LogP contribution in [0.25, 0.3) is 22.3 Å². The predicted octanol–water partition coefficient (Wildman–Crippen LogP) is 1.61. The summed E-state index contributed by atoms with van der Waals surface area (Å²) in [5.74, 6) is -0.864. The van der Waals surface area contributed by atoms with Crippen molar-refractivity contribution in [2.24, 2.45) is 11.5 Å². The van der Waals surface area contributed by atoms with Gasteiger partial charge in [-0.3, -0.25) is 36.8 Å². The number of carbonyl (C=O) groups excluding carboxylic acids is 3. The molecule has 0 spiro atoms. The molecule has 0 bridgehead atoms. The third kappa shape index (κ3) is 10.4. The number of amides is 4. The molecule has 0 saturated carbocycles.